The molecule has 1 fully saturated rings. The molecule has 0 bridgehead atoms. The van der Waals surface area contributed by atoms with Gasteiger partial charge in [-0.25, -0.2) is 4.68 Å². The summed E-state index contributed by atoms with van der Waals surface area (Å²) in [6.45, 7) is 2.90. The lowest BCUT2D eigenvalue weighted by Gasteiger charge is -2.32. The van der Waals surface area contributed by atoms with E-state index < -0.39 is 0 Å². The zero-order valence-electron chi connectivity index (χ0n) is 15.5. The highest BCUT2D eigenvalue weighted by Crippen LogP contribution is 2.26. The van der Waals surface area contributed by atoms with Crippen molar-refractivity contribution in [2.45, 2.75) is 25.4 Å². The molecule has 0 aliphatic carbocycles. The third-order valence-corrected chi connectivity index (χ3v) is 5.31. The summed E-state index contributed by atoms with van der Waals surface area (Å²) in [7, 11) is 0. The van der Waals surface area contributed by atoms with Crippen molar-refractivity contribution < 1.29 is 4.79 Å². The van der Waals surface area contributed by atoms with Crippen LogP contribution in [0.15, 0.2) is 61.1 Å². The molecule has 2 aromatic heterocycles. The monoisotopic (exact) mass is 395 g/mol. The summed E-state index contributed by atoms with van der Waals surface area (Å²) in [4.78, 5) is 18.9. The molecule has 6 nitrogen and oxygen atoms in total. The number of hydrogen-bond donors (Lipinski definition) is 1. The third kappa shape index (κ3) is 4.40. The molecule has 3 aromatic rings. The number of aromatic nitrogens is 3. The molecule has 3 heterocycles. The second-order valence-corrected chi connectivity index (χ2v) is 7.43. The van der Waals surface area contributed by atoms with Gasteiger partial charge >= 0.3 is 0 Å². The fraction of sp³-hybridized carbons (Fsp3) is 0.286. The average molecular weight is 396 g/mol. The molecule has 1 amide bonds. The number of anilines is 1. The molecular formula is C21H22ClN5O. The first kappa shape index (κ1) is 18.7. The number of benzene rings is 1. The van der Waals surface area contributed by atoms with E-state index in [-0.39, 0.29) is 11.9 Å². The Morgan fingerprint density at radius 3 is 2.61 bits per heavy atom. The maximum absolute atomic E-state index is 12.4. The molecule has 1 saturated heterocycles. The highest BCUT2D eigenvalue weighted by atomic mass is 35.5. The minimum absolute atomic E-state index is 0.171. The van der Waals surface area contributed by atoms with E-state index in [4.69, 9.17) is 11.6 Å². The summed E-state index contributed by atoms with van der Waals surface area (Å²) in [6.07, 6.45) is 6.93. The van der Waals surface area contributed by atoms with Gasteiger partial charge in [-0.15, -0.1) is 0 Å². The number of nitrogens with zero attached hydrogens (tertiary/aromatic N) is 4. The van der Waals surface area contributed by atoms with Crippen molar-refractivity contribution in [1.82, 2.24) is 19.7 Å². The summed E-state index contributed by atoms with van der Waals surface area (Å²) in [5.74, 6) is 0.556. The number of nitrogens with one attached hydrogen (secondary N) is 1. The molecule has 4 rings (SSSR count). The number of halogens is 1. The Morgan fingerprint density at radius 2 is 1.89 bits per heavy atom. The van der Waals surface area contributed by atoms with Crippen LogP contribution in [0, 0.1) is 0 Å². The third-order valence-electron chi connectivity index (χ3n) is 5.06. The van der Waals surface area contributed by atoms with E-state index in [1.165, 1.54) is 5.56 Å². The lowest BCUT2D eigenvalue weighted by atomic mass is 10.0. The first-order chi connectivity index (χ1) is 13.7. The van der Waals surface area contributed by atoms with Crippen molar-refractivity contribution in [3.8, 4) is 0 Å². The lowest BCUT2D eigenvalue weighted by Crippen LogP contribution is -2.35. The number of pyridine rings is 1. The smallest absolute Gasteiger partial charge is 0.258 e. The van der Waals surface area contributed by atoms with Crippen LogP contribution < -0.4 is 5.32 Å². The Kier molecular flexibility index (Phi) is 5.69. The van der Waals surface area contributed by atoms with Gasteiger partial charge < -0.3 is 5.32 Å². The van der Waals surface area contributed by atoms with Gasteiger partial charge in [0.1, 0.15) is 5.82 Å². The molecule has 1 aliphatic heterocycles. The second kappa shape index (κ2) is 8.54. The van der Waals surface area contributed by atoms with Crippen LogP contribution in [0.25, 0.3) is 0 Å². The highest BCUT2D eigenvalue weighted by Gasteiger charge is 2.23. The molecule has 0 radical (unpaired) electrons. The average Bonchev–Trinajstić information content (AvgIpc) is 3.19. The second-order valence-electron chi connectivity index (χ2n) is 6.99. The van der Waals surface area contributed by atoms with Crippen molar-refractivity contribution in [2.24, 2.45) is 0 Å². The molecule has 1 N–H and O–H groups in total. The van der Waals surface area contributed by atoms with Crippen LogP contribution in [0.2, 0.25) is 5.02 Å². The number of likely N-dealkylation sites (tertiary alicyclic amines) is 1. The summed E-state index contributed by atoms with van der Waals surface area (Å²) in [5.41, 5.74) is 1.80. The first-order valence-corrected chi connectivity index (χ1v) is 9.78. The molecule has 144 valence electrons. The van der Waals surface area contributed by atoms with E-state index in [1.54, 1.807) is 30.7 Å². The minimum Gasteiger partial charge on any atom is -0.307 e. The summed E-state index contributed by atoms with van der Waals surface area (Å²) in [6, 6.07) is 13.6. The normalized spacial score (nSPS) is 15.5. The molecule has 0 atom stereocenters. The fourth-order valence-electron chi connectivity index (χ4n) is 3.56. The number of piperidine rings is 1. The van der Waals surface area contributed by atoms with Crippen LogP contribution in [-0.4, -0.2) is 38.7 Å². The van der Waals surface area contributed by atoms with E-state index in [2.05, 4.69) is 32.4 Å². The van der Waals surface area contributed by atoms with Crippen LogP contribution in [0.1, 0.15) is 34.8 Å². The predicted molar refractivity (Wildman–Crippen MR) is 109 cm³/mol. The number of carbonyl (C=O) groups excluding carboxylic acids is 1. The zero-order chi connectivity index (χ0) is 19.3. The molecule has 1 aliphatic rings. The maximum Gasteiger partial charge on any atom is 0.258 e. The Labute approximate surface area is 169 Å². The Bertz CT molecular complexity index is 917. The Hall–Kier alpha value is -2.70. The van der Waals surface area contributed by atoms with Crippen molar-refractivity contribution in [1.29, 1.82) is 0 Å². The van der Waals surface area contributed by atoms with Crippen LogP contribution >= 0.6 is 11.6 Å². The largest absolute Gasteiger partial charge is 0.307 e. The number of rotatable bonds is 5. The van der Waals surface area contributed by atoms with E-state index in [0.29, 0.717) is 5.56 Å². The van der Waals surface area contributed by atoms with Gasteiger partial charge in [0.25, 0.3) is 5.91 Å². The van der Waals surface area contributed by atoms with Crippen molar-refractivity contribution in [3.63, 3.8) is 0 Å². The maximum atomic E-state index is 12.4. The van der Waals surface area contributed by atoms with Crippen molar-refractivity contribution in [3.05, 3.63) is 77.2 Å². The number of hydrogen-bond acceptors (Lipinski definition) is 4. The standard InChI is InChI=1S/C21H22ClN5O/c22-18-5-3-16(4-6-18)15-26-12-8-19(9-13-26)27-20(7-11-24-27)25-21(28)17-2-1-10-23-14-17/h1-7,10-11,14,19H,8-9,12-13,15H2,(H,25,28). The zero-order valence-corrected chi connectivity index (χ0v) is 16.2. The van der Waals surface area contributed by atoms with E-state index >= 15 is 0 Å². The highest BCUT2D eigenvalue weighted by molar-refractivity contribution is 6.30. The lowest BCUT2D eigenvalue weighted by molar-refractivity contribution is 0.102. The SMILES string of the molecule is O=C(Nc1ccnn1C1CCN(Cc2ccc(Cl)cc2)CC1)c1cccnc1. The molecule has 0 unspecified atom stereocenters. The van der Waals surface area contributed by atoms with Crippen LogP contribution in [0.4, 0.5) is 5.82 Å². The number of amides is 1. The van der Waals surface area contributed by atoms with Gasteiger partial charge in [-0.2, -0.15) is 5.10 Å². The summed E-state index contributed by atoms with van der Waals surface area (Å²) < 4.78 is 1.94. The van der Waals surface area contributed by atoms with Crippen molar-refractivity contribution in [2.75, 3.05) is 18.4 Å². The Balaban J connectivity index is 1.36. The van der Waals surface area contributed by atoms with Gasteiger partial charge in [0.2, 0.25) is 0 Å². The van der Waals surface area contributed by atoms with Crippen molar-refractivity contribution >= 4 is 23.3 Å². The van der Waals surface area contributed by atoms with Crippen LogP contribution in [0.3, 0.4) is 0 Å². The molecular weight excluding hydrogens is 374 g/mol. The Morgan fingerprint density at radius 1 is 1.11 bits per heavy atom. The minimum atomic E-state index is -0.171. The van der Waals surface area contributed by atoms with Gasteiger partial charge in [0, 0.05) is 43.1 Å². The van der Waals surface area contributed by atoms with E-state index in [9.17, 15) is 4.79 Å². The van der Waals surface area contributed by atoms with Crippen LogP contribution in [-0.2, 0) is 6.54 Å². The number of carbonyl (C=O) groups is 1. The summed E-state index contributed by atoms with van der Waals surface area (Å²) >= 11 is 5.96. The topological polar surface area (TPSA) is 63.1 Å². The van der Waals surface area contributed by atoms with Gasteiger partial charge in [0.05, 0.1) is 17.8 Å². The first-order valence-electron chi connectivity index (χ1n) is 9.41. The van der Waals surface area contributed by atoms with Gasteiger partial charge in [-0.1, -0.05) is 23.7 Å². The van der Waals surface area contributed by atoms with Gasteiger partial charge in [-0.3, -0.25) is 14.7 Å². The van der Waals surface area contributed by atoms with Crippen LogP contribution in [0.5, 0.6) is 0 Å². The van der Waals surface area contributed by atoms with E-state index in [0.717, 1.165) is 43.3 Å². The van der Waals surface area contributed by atoms with Gasteiger partial charge in [-0.05, 0) is 42.7 Å². The van der Waals surface area contributed by atoms with E-state index in [1.807, 2.05) is 22.9 Å². The molecule has 0 saturated carbocycles. The quantitative estimate of drug-likeness (QED) is 0.708. The van der Waals surface area contributed by atoms with Gasteiger partial charge in [0.15, 0.2) is 0 Å². The summed E-state index contributed by atoms with van der Waals surface area (Å²) in [5, 5.41) is 8.18. The molecule has 0 spiro atoms. The predicted octanol–water partition coefficient (Wildman–Crippen LogP) is 4.02. The molecule has 28 heavy (non-hydrogen) atoms. The molecule has 1 aromatic carbocycles. The fourth-order valence-corrected chi connectivity index (χ4v) is 3.69. The molecule has 7 heteroatoms.